The van der Waals surface area contributed by atoms with Crippen LogP contribution < -0.4 is 9.64 Å². The van der Waals surface area contributed by atoms with Crippen LogP contribution in [-0.2, 0) is 26.9 Å². The fraction of sp³-hybridized carbons (Fsp3) is 0.444. The largest absolute Gasteiger partial charge is 0.483 e. The number of benzene rings is 2. The molecule has 4 rings (SSSR count). The van der Waals surface area contributed by atoms with Crippen LogP contribution in [0.15, 0.2) is 36.4 Å². The zero-order valence-corrected chi connectivity index (χ0v) is 22.0. The normalized spacial score (nSPS) is 21.4. The van der Waals surface area contributed by atoms with Gasteiger partial charge in [0.2, 0.25) is 5.91 Å². The van der Waals surface area contributed by atoms with E-state index in [4.69, 9.17) is 31.7 Å². The van der Waals surface area contributed by atoms with Gasteiger partial charge in [0.15, 0.2) is 17.4 Å². The second-order valence-electron chi connectivity index (χ2n) is 10.3. The van der Waals surface area contributed by atoms with Crippen LogP contribution >= 0.6 is 12.2 Å². The van der Waals surface area contributed by atoms with Crippen LogP contribution in [0.3, 0.4) is 0 Å². The lowest BCUT2D eigenvalue weighted by molar-refractivity contribution is -0.269. The molecule has 2 heterocycles. The Balaban J connectivity index is 1.55. The number of amides is 1. The molecule has 202 valence electrons. The van der Waals surface area contributed by atoms with Crippen molar-refractivity contribution in [2.75, 3.05) is 18.1 Å². The van der Waals surface area contributed by atoms with E-state index in [1.807, 2.05) is 0 Å². The zero-order valence-electron chi connectivity index (χ0n) is 21.2. The monoisotopic (exact) mass is 550 g/mol. The van der Waals surface area contributed by atoms with Crippen molar-refractivity contribution in [2.45, 2.75) is 52.2 Å². The Bertz CT molecular complexity index is 1310. The minimum absolute atomic E-state index is 0.0221. The van der Waals surface area contributed by atoms with E-state index in [0.717, 1.165) is 17.0 Å². The average molecular weight is 551 g/mol. The predicted octanol–water partition coefficient (Wildman–Crippen LogP) is 5.81. The van der Waals surface area contributed by atoms with E-state index >= 15 is 0 Å². The van der Waals surface area contributed by atoms with Crippen molar-refractivity contribution < 1.29 is 36.6 Å². The van der Waals surface area contributed by atoms with E-state index in [0.29, 0.717) is 5.56 Å². The lowest BCUT2D eigenvalue weighted by Gasteiger charge is -2.34. The van der Waals surface area contributed by atoms with Gasteiger partial charge in [0, 0.05) is 5.92 Å². The van der Waals surface area contributed by atoms with Crippen LogP contribution in [0, 0.1) is 28.5 Å². The van der Waals surface area contributed by atoms with Gasteiger partial charge >= 0.3 is 6.18 Å². The molecule has 1 amide bonds. The van der Waals surface area contributed by atoms with Gasteiger partial charge in [0.1, 0.15) is 6.10 Å². The van der Waals surface area contributed by atoms with E-state index in [9.17, 15) is 22.4 Å². The number of carbonyl (C=O) groups is 1. The molecule has 2 aliphatic rings. The molecule has 0 spiro atoms. The van der Waals surface area contributed by atoms with E-state index in [1.54, 1.807) is 33.8 Å². The molecule has 2 aromatic rings. The molecule has 0 N–H and O–H groups in total. The van der Waals surface area contributed by atoms with Crippen LogP contribution in [0.25, 0.3) is 0 Å². The van der Waals surface area contributed by atoms with Gasteiger partial charge in [0.25, 0.3) is 0 Å². The third-order valence-corrected chi connectivity index (χ3v) is 7.26. The Kier molecular flexibility index (Phi) is 7.29. The minimum atomic E-state index is -4.78. The van der Waals surface area contributed by atoms with Gasteiger partial charge < -0.3 is 14.2 Å². The molecule has 6 nitrogen and oxygen atoms in total. The number of hydrogen-bond acceptors (Lipinski definition) is 6. The first-order valence-electron chi connectivity index (χ1n) is 11.9. The number of anilines is 1. The Morgan fingerprint density at radius 3 is 2.37 bits per heavy atom. The highest BCUT2D eigenvalue weighted by Gasteiger charge is 2.51. The van der Waals surface area contributed by atoms with Crippen molar-refractivity contribution >= 4 is 28.8 Å². The standard InChI is InChI=1S/C27H26F4N2O4S/c1-25(2)20(9-15-5-8-22(21(28)10-15)37-18-13-35-26(3,4)36-14-18)23(38)33(24(25)34)17-7-6-16(12-32)19(11-17)27(29,30)31/h5-8,10-11,18,20H,9,13-14H2,1-4H3. The third-order valence-electron chi connectivity index (χ3n) is 6.79. The van der Waals surface area contributed by atoms with Crippen LogP contribution in [-0.4, -0.2) is 36.0 Å². The summed E-state index contributed by atoms with van der Waals surface area (Å²) in [5.74, 6) is -2.39. The Labute approximate surface area is 223 Å². The highest BCUT2D eigenvalue weighted by Crippen LogP contribution is 2.44. The van der Waals surface area contributed by atoms with E-state index < -0.39 is 52.3 Å². The van der Waals surface area contributed by atoms with Gasteiger partial charge in [-0.1, -0.05) is 32.1 Å². The first-order valence-corrected chi connectivity index (χ1v) is 12.3. The molecule has 2 aliphatic heterocycles. The van der Waals surface area contributed by atoms with Crippen molar-refractivity contribution in [3.8, 4) is 11.8 Å². The minimum Gasteiger partial charge on any atom is -0.483 e. The molecule has 38 heavy (non-hydrogen) atoms. The second kappa shape index (κ2) is 9.91. The Morgan fingerprint density at radius 1 is 1.13 bits per heavy atom. The van der Waals surface area contributed by atoms with Crippen molar-refractivity contribution in [2.24, 2.45) is 11.3 Å². The Hall–Kier alpha value is -3.07. The van der Waals surface area contributed by atoms with E-state index in [1.165, 1.54) is 24.3 Å². The predicted molar refractivity (Wildman–Crippen MR) is 134 cm³/mol. The van der Waals surface area contributed by atoms with E-state index in [2.05, 4.69) is 0 Å². The van der Waals surface area contributed by atoms with Crippen molar-refractivity contribution in [3.05, 3.63) is 58.9 Å². The number of nitrogens with zero attached hydrogens (tertiary/aromatic N) is 2. The lowest BCUT2D eigenvalue weighted by atomic mass is 9.78. The quantitative estimate of drug-likeness (QED) is 0.346. The lowest BCUT2D eigenvalue weighted by Crippen LogP contribution is -2.44. The third kappa shape index (κ3) is 5.39. The van der Waals surface area contributed by atoms with Gasteiger partial charge in [-0.25, -0.2) is 4.39 Å². The maximum absolute atomic E-state index is 14.9. The fourth-order valence-electron chi connectivity index (χ4n) is 4.52. The van der Waals surface area contributed by atoms with Crippen LogP contribution in [0.4, 0.5) is 23.2 Å². The number of thiocarbonyl (C=S) groups is 1. The molecule has 2 aromatic carbocycles. The smallest absolute Gasteiger partial charge is 0.417 e. The maximum atomic E-state index is 14.9. The average Bonchev–Trinajstić information content (AvgIpc) is 3.00. The van der Waals surface area contributed by atoms with Crippen LogP contribution in [0.1, 0.15) is 44.4 Å². The van der Waals surface area contributed by atoms with Crippen LogP contribution in [0.2, 0.25) is 0 Å². The molecule has 2 saturated heterocycles. The number of rotatable bonds is 5. The topological polar surface area (TPSA) is 71.8 Å². The van der Waals surface area contributed by atoms with Crippen molar-refractivity contribution in [1.29, 1.82) is 5.26 Å². The maximum Gasteiger partial charge on any atom is 0.417 e. The van der Waals surface area contributed by atoms with Crippen molar-refractivity contribution in [3.63, 3.8) is 0 Å². The summed E-state index contributed by atoms with van der Waals surface area (Å²) in [6.45, 7) is 7.33. The molecule has 0 bridgehead atoms. The van der Waals surface area contributed by atoms with Crippen LogP contribution in [0.5, 0.6) is 5.75 Å². The summed E-state index contributed by atoms with van der Waals surface area (Å²) < 4.78 is 72.2. The molecular weight excluding hydrogens is 524 g/mol. The molecular formula is C27H26F4N2O4S. The number of nitriles is 1. The molecule has 0 aliphatic carbocycles. The summed E-state index contributed by atoms with van der Waals surface area (Å²) >= 11 is 5.56. The molecule has 0 radical (unpaired) electrons. The molecule has 11 heteroatoms. The SMILES string of the molecule is CC1(C)OCC(Oc2ccc(CC3C(=S)N(c4ccc(C#N)c(C(F)(F)F)c4)C(=O)C3(C)C)cc2F)CO1. The zero-order chi connectivity index (χ0) is 28.0. The van der Waals surface area contributed by atoms with E-state index in [-0.39, 0.29) is 36.1 Å². The highest BCUT2D eigenvalue weighted by molar-refractivity contribution is 7.80. The second-order valence-corrected chi connectivity index (χ2v) is 10.7. The highest BCUT2D eigenvalue weighted by atomic mass is 32.1. The van der Waals surface area contributed by atoms with Gasteiger partial charge in [-0.2, -0.15) is 18.4 Å². The number of halogens is 4. The van der Waals surface area contributed by atoms with Gasteiger partial charge in [0.05, 0.1) is 46.5 Å². The van der Waals surface area contributed by atoms with Gasteiger partial charge in [-0.15, -0.1) is 0 Å². The van der Waals surface area contributed by atoms with Crippen molar-refractivity contribution in [1.82, 2.24) is 0 Å². The molecule has 1 unspecified atom stereocenters. The number of hydrogen-bond donors (Lipinski definition) is 0. The van der Waals surface area contributed by atoms with Gasteiger partial charge in [-0.05, 0) is 56.2 Å². The number of ether oxygens (including phenoxy) is 3. The summed E-state index contributed by atoms with van der Waals surface area (Å²) in [5.41, 5.74) is -2.31. The summed E-state index contributed by atoms with van der Waals surface area (Å²) in [6.07, 6.45) is -5.09. The van der Waals surface area contributed by atoms with Gasteiger partial charge in [-0.3, -0.25) is 9.69 Å². The fourth-order valence-corrected chi connectivity index (χ4v) is 5.09. The summed E-state index contributed by atoms with van der Waals surface area (Å²) in [5, 5.41) is 9.08. The summed E-state index contributed by atoms with van der Waals surface area (Å²) in [4.78, 5) is 14.5. The first-order chi connectivity index (χ1) is 17.6. The molecule has 1 atom stereocenters. The summed E-state index contributed by atoms with van der Waals surface area (Å²) in [6, 6.07) is 8.99. The first kappa shape index (κ1) is 28.0. The molecule has 2 fully saturated rings. The summed E-state index contributed by atoms with van der Waals surface area (Å²) in [7, 11) is 0. The number of carbonyl (C=O) groups excluding carboxylic acids is 1. The number of alkyl halides is 3. The Morgan fingerprint density at radius 2 is 1.79 bits per heavy atom. The molecule has 0 aromatic heterocycles. The molecule has 0 saturated carbocycles.